The highest BCUT2D eigenvalue weighted by molar-refractivity contribution is 6.09. The number of hydrogen-bond acceptors (Lipinski definition) is 3. The van der Waals surface area contributed by atoms with Gasteiger partial charge in [-0.15, -0.1) is 0 Å². The van der Waals surface area contributed by atoms with Crippen molar-refractivity contribution in [3.63, 3.8) is 0 Å². The van der Waals surface area contributed by atoms with E-state index < -0.39 is 0 Å². The molecule has 0 fully saturated rings. The third-order valence-electron chi connectivity index (χ3n) is 9.30. The number of fused-ring (bicyclic) bond motifs is 7. The minimum absolute atomic E-state index is 0.0705. The zero-order chi connectivity index (χ0) is 29.4. The lowest BCUT2D eigenvalue weighted by molar-refractivity contribution is 0.647. The summed E-state index contributed by atoms with van der Waals surface area (Å²) in [6.45, 7) is 4.60. The maximum Gasteiger partial charge on any atom is 0.160 e. The van der Waals surface area contributed by atoms with E-state index in [1.165, 1.54) is 33.4 Å². The van der Waals surface area contributed by atoms with E-state index in [9.17, 15) is 0 Å². The van der Waals surface area contributed by atoms with Crippen LogP contribution >= 0.6 is 0 Å². The fourth-order valence-electron chi connectivity index (χ4n) is 6.99. The Balaban J connectivity index is 1.20. The predicted molar refractivity (Wildman–Crippen MR) is 181 cm³/mol. The first-order valence-corrected chi connectivity index (χ1v) is 15.1. The lowest BCUT2D eigenvalue weighted by Gasteiger charge is -2.21. The first-order chi connectivity index (χ1) is 21.5. The molecule has 6 aromatic carbocycles. The highest BCUT2D eigenvalue weighted by Gasteiger charge is 2.36. The van der Waals surface area contributed by atoms with Crippen molar-refractivity contribution in [3.05, 3.63) is 145 Å². The lowest BCUT2D eigenvalue weighted by Crippen LogP contribution is -2.14. The summed E-state index contributed by atoms with van der Waals surface area (Å²) in [5.41, 5.74) is 13.2. The van der Waals surface area contributed by atoms with Crippen molar-refractivity contribution < 1.29 is 4.42 Å². The lowest BCUT2D eigenvalue weighted by atomic mass is 9.82. The summed E-state index contributed by atoms with van der Waals surface area (Å²) in [6, 6.07) is 47.0. The monoisotopic (exact) mass is 564 g/mol. The van der Waals surface area contributed by atoms with Gasteiger partial charge in [-0.05, 0) is 69.8 Å². The Morgan fingerprint density at radius 2 is 1.16 bits per heavy atom. The van der Waals surface area contributed by atoms with Gasteiger partial charge in [0.05, 0.1) is 11.2 Å². The molecular weight excluding hydrogens is 536 g/mol. The van der Waals surface area contributed by atoms with Crippen molar-refractivity contribution in [1.29, 1.82) is 0 Å². The van der Waals surface area contributed by atoms with Crippen molar-refractivity contribution in [2.45, 2.75) is 19.3 Å². The fourth-order valence-corrected chi connectivity index (χ4v) is 6.99. The van der Waals surface area contributed by atoms with E-state index in [1.807, 2.05) is 12.1 Å². The zero-order valence-corrected chi connectivity index (χ0v) is 24.5. The third kappa shape index (κ3) is 3.69. The van der Waals surface area contributed by atoms with E-state index >= 15 is 0 Å². The van der Waals surface area contributed by atoms with Crippen molar-refractivity contribution in [3.8, 4) is 44.9 Å². The molecule has 0 amide bonds. The maximum atomic E-state index is 6.43. The second-order valence-corrected chi connectivity index (χ2v) is 12.2. The van der Waals surface area contributed by atoms with Gasteiger partial charge in [0, 0.05) is 32.7 Å². The highest BCUT2D eigenvalue weighted by atomic mass is 16.3. The molecule has 0 aliphatic heterocycles. The average Bonchev–Trinajstić information content (AvgIpc) is 3.54. The Hall–Kier alpha value is -5.54. The zero-order valence-electron chi connectivity index (χ0n) is 24.5. The maximum absolute atomic E-state index is 6.43. The van der Waals surface area contributed by atoms with Crippen LogP contribution in [-0.4, -0.2) is 9.97 Å². The van der Waals surface area contributed by atoms with Gasteiger partial charge >= 0.3 is 0 Å². The van der Waals surface area contributed by atoms with Crippen LogP contribution in [0.4, 0.5) is 0 Å². The largest absolute Gasteiger partial charge is 0.456 e. The van der Waals surface area contributed by atoms with Gasteiger partial charge in [-0.1, -0.05) is 111 Å². The van der Waals surface area contributed by atoms with Gasteiger partial charge in [-0.3, -0.25) is 0 Å². The topological polar surface area (TPSA) is 38.9 Å². The number of para-hydroxylation sites is 1. The Labute approximate surface area is 255 Å². The smallest absolute Gasteiger partial charge is 0.160 e. The molecule has 2 heterocycles. The van der Waals surface area contributed by atoms with Crippen molar-refractivity contribution in [2.75, 3.05) is 0 Å². The summed E-state index contributed by atoms with van der Waals surface area (Å²) in [4.78, 5) is 10.2. The molecule has 1 aliphatic carbocycles. The van der Waals surface area contributed by atoms with Crippen LogP contribution in [0.5, 0.6) is 0 Å². The summed E-state index contributed by atoms with van der Waals surface area (Å²) >= 11 is 0. The summed E-state index contributed by atoms with van der Waals surface area (Å²) in [7, 11) is 0. The quantitative estimate of drug-likeness (QED) is 0.214. The van der Waals surface area contributed by atoms with E-state index in [2.05, 4.69) is 135 Å². The van der Waals surface area contributed by atoms with Gasteiger partial charge in [-0.2, -0.15) is 0 Å². The molecule has 8 aromatic rings. The van der Waals surface area contributed by atoms with Gasteiger partial charge < -0.3 is 4.42 Å². The molecule has 0 atom stereocenters. The predicted octanol–water partition coefficient (Wildman–Crippen LogP) is 10.8. The molecule has 208 valence electrons. The van der Waals surface area contributed by atoms with Gasteiger partial charge in [0.15, 0.2) is 5.82 Å². The minimum atomic E-state index is -0.0705. The van der Waals surface area contributed by atoms with E-state index in [0.717, 1.165) is 49.7 Å². The van der Waals surface area contributed by atoms with Crippen molar-refractivity contribution in [2.24, 2.45) is 0 Å². The molecule has 44 heavy (non-hydrogen) atoms. The molecule has 0 saturated heterocycles. The fraction of sp³-hybridized carbons (Fsp3) is 0.0732. The van der Waals surface area contributed by atoms with Crippen molar-refractivity contribution >= 4 is 32.8 Å². The number of rotatable bonds is 3. The van der Waals surface area contributed by atoms with Crippen LogP contribution in [0.25, 0.3) is 77.7 Å². The molecule has 0 unspecified atom stereocenters. The molecule has 3 heteroatoms. The summed E-state index contributed by atoms with van der Waals surface area (Å²) in [5.74, 6) is 0.703. The second-order valence-electron chi connectivity index (χ2n) is 12.2. The van der Waals surface area contributed by atoms with Crippen LogP contribution < -0.4 is 0 Å². The molecule has 0 radical (unpaired) electrons. The van der Waals surface area contributed by atoms with Gasteiger partial charge in [-0.25, -0.2) is 9.97 Å². The summed E-state index contributed by atoms with van der Waals surface area (Å²) in [6.07, 6.45) is 0. The Morgan fingerprint density at radius 3 is 2.02 bits per heavy atom. The molecule has 1 aliphatic rings. The van der Waals surface area contributed by atoms with Gasteiger partial charge in [0.1, 0.15) is 11.2 Å². The molecule has 0 N–H and O–H groups in total. The molecule has 2 aromatic heterocycles. The number of aromatic nitrogens is 2. The molecule has 9 rings (SSSR count). The SMILES string of the molecule is CC1(C)c2ccccc2-c2cc3c(cc21)oc1ccc(-c2nc(-c4ccc(-c5ccccc5)cc4)c4ccccc4n2)cc13. The standard InChI is InChI=1S/C41H28N2O/c1-41(2)34-14-8-6-12-29(34)31-23-33-32-22-28(20-21-37(32)44-38(33)24-35(31)41)40-42-36-15-9-7-13-30(36)39(43-40)27-18-16-26(17-19-27)25-10-4-3-5-11-25/h3-24H,1-2H3. The minimum Gasteiger partial charge on any atom is -0.456 e. The third-order valence-corrected chi connectivity index (χ3v) is 9.30. The number of nitrogens with zero attached hydrogens (tertiary/aromatic N) is 2. The van der Waals surface area contributed by atoms with E-state index in [-0.39, 0.29) is 5.41 Å². The van der Waals surface area contributed by atoms with Gasteiger partial charge in [0.25, 0.3) is 0 Å². The van der Waals surface area contributed by atoms with Gasteiger partial charge in [0.2, 0.25) is 0 Å². The van der Waals surface area contributed by atoms with E-state index in [4.69, 9.17) is 14.4 Å². The second kappa shape index (κ2) is 9.23. The Morgan fingerprint density at radius 1 is 0.477 bits per heavy atom. The molecule has 0 saturated carbocycles. The molecule has 3 nitrogen and oxygen atoms in total. The van der Waals surface area contributed by atoms with Crippen LogP contribution in [-0.2, 0) is 5.41 Å². The van der Waals surface area contributed by atoms with Crippen LogP contribution in [0.1, 0.15) is 25.0 Å². The molecule has 0 spiro atoms. The Kier molecular flexibility index (Phi) is 5.24. The van der Waals surface area contributed by atoms with Crippen LogP contribution in [0.2, 0.25) is 0 Å². The first-order valence-electron chi connectivity index (χ1n) is 15.1. The number of furan rings is 1. The number of hydrogen-bond donors (Lipinski definition) is 0. The normalized spacial score (nSPS) is 13.4. The van der Waals surface area contributed by atoms with Crippen LogP contribution in [0.15, 0.2) is 138 Å². The van der Waals surface area contributed by atoms with Crippen LogP contribution in [0, 0.1) is 0 Å². The van der Waals surface area contributed by atoms with Crippen molar-refractivity contribution in [1.82, 2.24) is 9.97 Å². The molecular formula is C41H28N2O. The first kappa shape index (κ1) is 25.0. The average molecular weight is 565 g/mol. The summed E-state index contributed by atoms with van der Waals surface area (Å²) < 4.78 is 6.43. The highest BCUT2D eigenvalue weighted by Crippen LogP contribution is 2.50. The van der Waals surface area contributed by atoms with Crippen LogP contribution in [0.3, 0.4) is 0 Å². The van der Waals surface area contributed by atoms with E-state index in [1.54, 1.807) is 0 Å². The number of benzene rings is 6. The Bertz CT molecular complexity index is 2400. The molecule has 0 bridgehead atoms. The summed E-state index contributed by atoms with van der Waals surface area (Å²) in [5, 5.41) is 3.23. The van der Waals surface area contributed by atoms with E-state index in [0.29, 0.717) is 5.82 Å².